The van der Waals surface area contributed by atoms with Gasteiger partial charge in [0.25, 0.3) is 0 Å². The Morgan fingerprint density at radius 3 is 2.79 bits per heavy atom. The number of nitrogens with zero attached hydrogens (tertiary/aromatic N) is 1. The number of carbonyl (C=O) groups is 1. The largest absolute Gasteiger partial charge is 0.490 e. The Morgan fingerprint density at radius 1 is 1.58 bits per heavy atom. The van der Waals surface area contributed by atoms with E-state index in [1.54, 1.807) is 0 Å². The summed E-state index contributed by atoms with van der Waals surface area (Å²) < 4.78 is 4.87. The number of nitrogens with one attached hydrogen (secondary N) is 1. The van der Waals surface area contributed by atoms with E-state index < -0.39 is 11.0 Å². The Morgan fingerprint density at radius 2 is 2.26 bits per heavy atom. The van der Waals surface area contributed by atoms with Crippen LogP contribution in [0.25, 0.3) is 0 Å². The van der Waals surface area contributed by atoms with E-state index in [0.29, 0.717) is 12.1 Å². The van der Waals surface area contributed by atoms with Gasteiger partial charge in [-0.2, -0.15) is 0 Å². The van der Waals surface area contributed by atoms with E-state index in [4.69, 9.17) is 10.5 Å². The summed E-state index contributed by atoms with van der Waals surface area (Å²) >= 11 is 0. The molecule has 1 atom stereocenters. The quantitative estimate of drug-likeness (QED) is 0.602. The number of hydrogen-bond donors (Lipinski definition) is 2. The maximum atomic E-state index is 11.7. The number of amides is 1. The van der Waals surface area contributed by atoms with Crippen molar-refractivity contribution in [3.8, 4) is 5.75 Å². The smallest absolute Gasteiger partial charge is 0.312 e. The van der Waals surface area contributed by atoms with Gasteiger partial charge in [-0.3, -0.25) is 14.9 Å². The van der Waals surface area contributed by atoms with Crippen LogP contribution in [0.1, 0.15) is 19.8 Å². The van der Waals surface area contributed by atoms with Crippen LogP contribution in [-0.4, -0.2) is 24.0 Å². The van der Waals surface area contributed by atoms with Crippen LogP contribution < -0.4 is 15.8 Å². The lowest BCUT2D eigenvalue weighted by Crippen LogP contribution is -2.35. The molecule has 1 amide bonds. The van der Waals surface area contributed by atoms with Crippen molar-refractivity contribution in [3.05, 3.63) is 28.3 Å². The zero-order valence-corrected chi connectivity index (χ0v) is 10.9. The van der Waals surface area contributed by atoms with Crippen LogP contribution >= 0.6 is 0 Å². The fourth-order valence-corrected chi connectivity index (χ4v) is 1.59. The number of nitro groups is 1. The topological polar surface area (TPSA) is 107 Å². The van der Waals surface area contributed by atoms with Gasteiger partial charge in [0.2, 0.25) is 5.91 Å². The summed E-state index contributed by atoms with van der Waals surface area (Å²) in [6.07, 6.45) is 1.35. The van der Waals surface area contributed by atoms with Gasteiger partial charge < -0.3 is 15.8 Å². The fraction of sp³-hybridized carbons (Fsp3) is 0.417. The van der Waals surface area contributed by atoms with Gasteiger partial charge in [0.05, 0.1) is 18.1 Å². The first-order chi connectivity index (χ1) is 8.99. The van der Waals surface area contributed by atoms with Crippen molar-refractivity contribution >= 4 is 17.3 Å². The van der Waals surface area contributed by atoms with Crippen molar-refractivity contribution in [2.75, 3.05) is 12.4 Å². The lowest BCUT2D eigenvalue weighted by Gasteiger charge is -2.11. The molecule has 1 rings (SSSR count). The summed E-state index contributed by atoms with van der Waals surface area (Å²) in [5.41, 5.74) is 5.78. The molecule has 7 heteroatoms. The van der Waals surface area contributed by atoms with E-state index in [2.05, 4.69) is 5.32 Å². The van der Waals surface area contributed by atoms with Gasteiger partial charge in [-0.1, -0.05) is 13.3 Å². The molecule has 0 spiro atoms. The van der Waals surface area contributed by atoms with Gasteiger partial charge in [0.15, 0.2) is 5.75 Å². The second-order valence-electron chi connectivity index (χ2n) is 4.03. The molecule has 0 saturated carbocycles. The standard InChI is InChI=1S/C12H17N3O4/c1-3-4-9(13)12(16)14-8-5-6-11(19-2)10(7-8)15(17)18/h5-7,9H,3-4,13H2,1-2H3,(H,14,16)/t9-/m0/s1. The normalized spacial score (nSPS) is 11.7. The van der Waals surface area contributed by atoms with Gasteiger partial charge in [-0.05, 0) is 18.6 Å². The van der Waals surface area contributed by atoms with Crippen LogP contribution in [0.15, 0.2) is 18.2 Å². The molecule has 0 radical (unpaired) electrons. The van der Waals surface area contributed by atoms with Crippen LogP contribution in [0, 0.1) is 10.1 Å². The molecule has 0 aromatic heterocycles. The lowest BCUT2D eigenvalue weighted by atomic mass is 10.1. The van der Waals surface area contributed by atoms with Crippen LogP contribution in [0.3, 0.4) is 0 Å². The van der Waals surface area contributed by atoms with Crippen LogP contribution in [0.4, 0.5) is 11.4 Å². The van der Waals surface area contributed by atoms with E-state index in [-0.39, 0.29) is 17.3 Å². The highest BCUT2D eigenvalue weighted by Crippen LogP contribution is 2.29. The highest BCUT2D eigenvalue weighted by molar-refractivity contribution is 5.95. The zero-order chi connectivity index (χ0) is 14.4. The Hall–Kier alpha value is -2.15. The molecule has 0 fully saturated rings. The number of carbonyl (C=O) groups excluding carboxylic acids is 1. The Bertz CT molecular complexity index is 476. The molecule has 0 saturated heterocycles. The summed E-state index contributed by atoms with van der Waals surface area (Å²) in [5.74, 6) is -0.220. The van der Waals surface area contributed by atoms with Gasteiger partial charge in [-0.25, -0.2) is 0 Å². The molecular weight excluding hydrogens is 250 g/mol. The molecule has 1 aromatic rings. The Balaban J connectivity index is 2.88. The van der Waals surface area contributed by atoms with Gasteiger partial charge >= 0.3 is 5.69 Å². The number of benzene rings is 1. The van der Waals surface area contributed by atoms with Crippen LogP contribution in [-0.2, 0) is 4.79 Å². The van der Waals surface area contributed by atoms with Crippen molar-refractivity contribution < 1.29 is 14.5 Å². The SMILES string of the molecule is CCC[C@H](N)C(=O)Nc1ccc(OC)c([N+](=O)[O-])c1. The van der Waals surface area contributed by atoms with E-state index in [9.17, 15) is 14.9 Å². The second-order valence-corrected chi connectivity index (χ2v) is 4.03. The highest BCUT2D eigenvalue weighted by Gasteiger charge is 2.17. The number of rotatable bonds is 6. The molecule has 1 aromatic carbocycles. The molecule has 3 N–H and O–H groups in total. The molecular formula is C12H17N3O4. The second kappa shape index (κ2) is 6.69. The Labute approximate surface area is 110 Å². The third-order valence-electron chi connectivity index (χ3n) is 2.58. The average Bonchev–Trinajstić information content (AvgIpc) is 2.38. The summed E-state index contributed by atoms with van der Waals surface area (Å²) in [7, 11) is 1.34. The maximum absolute atomic E-state index is 11.7. The number of methoxy groups -OCH3 is 1. The maximum Gasteiger partial charge on any atom is 0.312 e. The molecule has 0 bridgehead atoms. The number of nitro benzene ring substituents is 1. The first-order valence-corrected chi connectivity index (χ1v) is 5.88. The van der Waals surface area contributed by atoms with Crippen molar-refractivity contribution in [3.63, 3.8) is 0 Å². The number of hydrogen-bond acceptors (Lipinski definition) is 5. The minimum atomic E-state index is -0.619. The molecule has 19 heavy (non-hydrogen) atoms. The van der Waals surface area contributed by atoms with Crippen molar-refractivity contribution in [2.45, 2.75) is 25.8 Å². The first-order valence-electron chi connectivity index (χ1n) is 5.88. The van der Waals surface area contributed by atoms with Gasteiger partial charge in [0.1, 0.15) is 0 Å². The molecule has 0 unspecified atom stereocenters. The molecule has 0 aliphatic rings. The average molecular weight is 267 g/mol. The summed E-state index contributed by atoms with van der Waals surface area (Å²) in [5, 5.41) is 13.4. The Kier molecular flexibility index (Phi) is 5.25. The third kappa shape index (κ3) is 3.92. The third-order valence-corrected chi connectivity index (χ3v) is 2.58. The fourth-order valence-electron chi connectivity index (χ4n) is 1.59. The van der Waals surface area contributed by atoms with Crippen molar-refractivity contribution in [1.29, 1.82) is 0 Å². The lowest BCUT2D eigenvalue weighted by molar-refractivity contribution is -0.385. The van der Waals surface area contributed by atoms with Gasteiger partial charge in [-0.15, -0.1) is 0 Å². The minimum Gasteiger partial charge on any atom is -0.490 e. The van der Waals surface area contributed by atoms with E-state index >= 15 is 0 Å². The van der Waals surface area contributed by atoms with Gasteiger partial charge in [0, 0.05) is 11.8 Å². The first kappa shape index (κ1) is 14.9. The van der Waals surface area contributed by atoms with E-state index in [0.717, 1.165) is 6.42 Å². The highest BCUT2D eigenvalue weighted by atomic mass is 16.6. The zero-order valence-electron chi connectivity index (χ0n) is 10.9. The molecule has 0 aliphatic heterocycles. The monoisotopic (exact) mass is 267 g/mol. The van der Waals surface area contributed by atoms with E-state index in [1.807, 2.05) is 6.92 Å². The molecule has 104 valence electrons. The van der Waals surface area contributed by atoms with Crippen molar-refractivity contribution in [2.24, 2.45) is 5.73 Å². The van der Waals surface area contributed by atoms with Crippen molar-refractivity contribution in [1.82, 2.24) is 0 Å². The number of nitrogens with two attached hydrogens (primary N) is 1. The predicted octanol–water partition coefficient (Wildman–Crippen LogP) is 1.67. The molecule has 0 heterocycles. The van der Waals surface area contributed by atoms with Crippen LogP contribution in [0.5, 0.6) is 5.75 Å². The summed E-state index contributed by atoms with van der Waals surface area (Å²) in [6.45, 7) is 1.92. The molecule has 0 aliphatic carbocycles. The number of anilines is 1. The van der Waals surface area contributed by atoms with E-state index in [1.165, 1.54) is 25.3 Å². The number of ether oxygens (including phenoxy) is 1. The predicted molar refractivity (Wildman–Crippen MR) is 71.2 cm³/mol. The molecule has 7 nitrogen and oxygen atoms in total. The van der Waals surface area contributed by atoms with Crippen LogP contribution in [0.2, 0.25) is 0 Å². The summed E-state index contributed by atoms with van der Waals surface area (Å²) in [6, 6.07) is 3.59. The minimum absolute atomic E-state index is 0.140. The summed E-state index contributed by atoms with van der Waals surface area (Å²) in [4.78, 5) is 22.0.